The normalized spacial score (nSPS) is 39.2. The number of halogens is 1. The van der Waals surface area contributed by atoms with E-state index in [1.165, 1.54) is 46.1 Å². The van der Waals surface area contributed by atoms with Gasteiger partial charge < -0.3 is 39.0 Å². The number of carbonyl (C=O) groups is 3. The van der Waals surface area contributed by atoms with E-state index in [4.69, 9.17) is 23.7 Å². The molecular formula is C40H62FNO11. The van der Waals surface area contributed by atoms with Gasteiger partial charge in [-0.25, -0.2) is 4.39 Å². The molecular weight excluding hydrogens is 689 g/mol. The molecule has 0 spiro atoms. The van der Waals surface area contributed by atoms with Crippen molar-refractivity contribution in [1.29, 1.82) is 0 Å². The molecule has 14 atom stereocenters. The zero-order valence-electron chi connectivity index (χ0n) is 33.0. The number of aliphatic hydroxyl groups excluding tert-OH is 2. The van der Waals surface area contributed by atoms with Crippen molar-refractivity contribution in [3.63, 3.8) is 0 Å². The molecule has 0 bridgehead atoms. The Bertz CT molecular complexity index is 1410. The number of esters is 2. The molecule has 53 heavy (non-hydrogen) atoms. The predicted molar refractivity (Wildman–Crippen MR) is 195 cm³/mol. The van der Waals surface area contributed by atoms with Crippen LogP contribution in [0.3, 0.4) is 0 Å². The topological polar surface area (TPSA) is 161 Å². The highest BCUT2D eigenvalue weighted by Crippen LogP contribution is 2.40. The van der Waals surface area contributed by atoms with Crippen LogP contribution in [-0.2, 0) is 44.5 Å². The third-order valence-electron chi connectivity index (χ3n) is 11.3. The van der Waals surface area contributed by atoms with Gasteiger partial charge in [-0.05, 0) is 71.7 Å². The fraction of sp³-hybridized carbons (Fsp3) is 0.725. The van der Waals surface area contributed by atoms with Crippen LogP contribution in [-0.4, -0.2) is 119 Å². The van der Waals surface area contributed by atoms with Gasteiger partial charge >= 0.3 is 11.9 Å². The summed E-state index contributed by atoms with van der Waals surface area (Å²) in [6, 6.07) is 5.14. The van der Waals surface area contributed by atoms with Gasteiger partial charge in [0.05, 0.1) is 36.3 Å². The smallest absolute Gasteiger partial charge is 0.312 e. The summed E-state index contributed by atoms with van der Waals surface area (Å²) in [6.45, 7) is 17.3. The third kappa shape index (κ3) is 10.5. The molecule has 0 aromatic heterocycles. The lowest BCUT2D eigenvalue weighted by molar-refractivity contribution is -0.302. The summed E-state index contributed by atoms with van der Waals surface area (Å²) in [5, 5.41) is 34.6. The SMILES string of the molecule is C=CCN(C)[C@H]1C[C@@H](C)O[C@@H](O[C@@H]2[C@@H](C)[C@H](OC(=O)Cc3cccc(F)c3)[C@@H](C)C(=O)O[C@H](CC)[C@@](C)(O)[C@H](O)[C@@H](C)C(=O)[C@H](C)C[C@@]2(C)OC)[C@@H]1O. The quantitative estimate of drug-likeness (QED) is 0.233. The Morgan fingerprint density at radius 2 is 1.79 bits per heavy atom. The van der Waals surface area contributed by atoms with E-state index in [0.29, 0.717) is 18.5 Å². The minimum absolute atomic E-state index is 0.0364. The molecule has 2 aliphatic heterocycles. The maximum atomic E-state index is 14.0. The third-order valence-corrected chi connectivity index (χ3v) is 11.3. The molecule has 1 aromatic rings. The standard InChI is InChI=1S/C40H62FNO11/c1-12-17-42(10)29-18-23(4)50-38(33(29)45)53-36-25(6)34(52-31(43)20-27-15-14-16-28(41)19-27)26(7)37(47)51-30(13-2)40(9,48)35(46)24(5)32(44)22(3)21-39(36,8)49-11/h12,14-16,19,22-26,29-30,33-36,38,45-46,48H,1,13,17-18,20-21H2,2-11H3/t22-,23-,24+,25+,26-,29+,30-,33-,34+,35-,36-,38+,39-,40-/m1/s1. The summed E-state index contributed by atoms with van der Waals surface area (Å²) < 4.78 is 45.1. The minimum atomic E-state index is -2.02. The number of rotatable bonds is 10. The maximum absolute atomic E-state index is 14.0. The van der Waals surface area contributed by atoms with Crippen molar-refractivity contribution in [1.82, 2.24) is 4.90 Å². The molecule has 2 saturated heterocycles. The van der Waals surface area contributed by atoms with E-state index >= 15 is 0 Å². The number of methoxy groups -OCH3 is 1. The van der Waals surface area contributed by atoms with Crippen LogP contribution in [0, 0.1) is 29.5 Å². The minimum Gasteiger partial charge on any atom is -0.461 e. The monoisotopic (exact) mass is 751 g/mol. The van der Waals surface area contributed by atoms with Crippen molar-refractivity contribution in [2.24, 2.45) is 23.7 Å². The largest absolute Gasteiger partial charge is 0.461 e. The molecule has 0 aliphatic carbocycles. The number of hydrogen-bond donors (Lipinski definition) is 3. The Hall–Kier alpha value is -2.78. The molecule has 3 N–H and O–H groups in total. The molecule has 2 aliphatic rings. The van der Waals surface area contributed by atoms with Crippen molar-refractivity contribution in [3.05, 3.63) is 48.3 Å². The van der Waals surface area contributed by atoms with Crippen molar-refractivity contribution in [2.45, 2.75) is 141 Å². The molecule has 3 rings (SSSR count). The summed E-state index contributed by atoms with van der Waals surface area (Å²) in [5.41, 5.74) is -3.01. The number of hydrogen-bond acceptors (Lipinski definition) is 12. The lowest BCUT2D eigenvalue weighted by Crippen LogP contribution is -2.61. The van der Waals surface area contributed by atoms with Gasteiger partial charge in [-0.2, -0.15) is 0 Å². The number of ketones is 1. The fourth-order valence-corrected chi connectivity index (χ4v) is 8.05. The second-order valence-corrected chi connectivity index (χ2v) is 15.6. The number of ether oxygens (including phenoxy) is 5. The molecule has 13 heteroatoms. The van der Waals surface area contributed by atoms with Gasteiger partial charge in [-0.3, -0.25) is 19.3 Å². The Labute approximate surface area is 313 Å². The zero-order valence-corrected chi connectivity index (χ0v) is 33.0. The van der Waals surface area contributed by atoms with Crippen molar-refractivity contribution in [3.8, 4) is 0 Å². The highest BCUT2D eigenvalue weighted by atomic mass is 19.1. The van der Waals surface area contributed by atoms with E-state index in [-0.39, 0.29) is 37.2 Å². The fourth-order valence-electron chi connectivity index (χ4n) is 8.05. The average molecular weight is 752 g/mol. The number of nitrogens with zero attached hydrogens (tertiary/aromatic N) is 1. The van der Waals surface area contributed by atoms with Crippen LogP contribution in [0.15, 0.2) is 36.9 Å². The number of likely N-dealkylation sites (N-methyl/N-ethyl adjacent to an activating group) is 1. The van der Waals surface area contributed by atoms with Gasteiger partial charge in [0.2, 0.25) is 0 Å². The summed E-state index contributed by atoms with van der Waals surface area (Å²) >= 11 is 0. The summed E-state index contributed by atoms with van der Waals surface area (Å²) in [5.74, 6) is -6.36. The van der Waals surface area contributed by atoms with E-state index in [1.807, 2.05) is 18.9 Å². The lowest BCUT2D eigenvalue weighted by atomic mass is 9.74. The Kier molecular flexibility index (Phi) is 15.7. The van der Waals surface area contributed by atoms with Gasteiger partial charge in [0, 0.05) is 37.5 Å². The molecule has 0 saturated carbocycles. The first-order valence-corrected chi connectivity index (χ1v) is 18.7. The molecule has 2 heterocycles. The molecule has 1 aromatic carbocycles. The summed E-state index contributed by atoms with van der Waals surface area (Å²) in [6.07, 6.45) is -5.80. The molecule has 300 valence electrons. The van der Waals surface area contributed by atoms with Gasteiger partial charge in [-0.15, -0.1) is 6.58 Å². The first kappa shape index (κ1) is 44.6. The second-order valence-electron chi connectivity index (χ2n) is 15.6. The number of Topliss-reactive ketones (excluding diaryl/α,β-unsaturated/α-hetero) is 1. The lowest BCUT2D eigenvalue weighted by Gasteiger charge is -2.48. The first-order valence-electron chi connectivity index (χ1n) is 18.7. The van der Waals surface area contributed by atoms with E-state index in [9.17, 15) is 34.1 Å². The van der Waals surface area contributed by atoms with Gasteiger partial charge in [-0.1, -0.05) is 45.9 Å². The van der Waals surface area contributed by atoms with Crippen molar-refractivity contribution < 1.29 is 57.8 Å². The van der Waals surface area contributed by atoms with Crippen LogP contribution in [0.25, 0.3) is 0 Å². The molecule has 2 fully saturated rings. The highest BCUT2D eigenvalue weighted by molar-refractivity contribution is 5.83. The van der Waals surface area contributed by atoms with E-state index in [0.717, 1.165) is 0 Å². The molecule has 0 amide bonds. The number of cyclic esters (lactones) is 1. The van der Waals surface area contributed by atoms with Crippen molar-refractivity contribution in [2.75, 3.05) is 20.7 Å². The van der Waals surface area contributed by atoms with E-state index < -0.39 is 89.4 Å². The molecule has 0 unspecified atom stereocenters. The van der Waals surface area contributed by atoms with E-state index in [1.54, 1.807) is 39.8 Å². The Balaban J connectivity index is 2.19. The Morgan fingerprint density at radius 3 is 2.38 bits per heavy atom. The van der Waals surface area contributed by atoms with Gasteiger partial charge in [0.1, 0.15) is 35.5 Å². The number of carbonyl (C=O) groups excluding carboxylic acids is 3. The predicted octanol–water partition coefficient (Wildman–Crippen LogP) is 4.00. The van der Waals surface area contributed by atoms with Gasteiger partial charge in [0.25, 0.3) is 0 Å². The molecule has 0 radical (unpaired) electrons. The van der Waals surface area contributed by atoms with Crippen LogP contribution in [0.2, 0.25) is 0 Å². The van der Waals surface area contributed by atoms with Gasteiger partial charge in [0.15, 0.2) is 6.29 Å². The van der Waals surface area contributed by atoms with Crippen LogP contribution >= 0.6 is 0 Å². The second kappa shape index (κ2) is 18.7. The number of benzene rings is 1. The van der Waals surface area contributed by atoms with Crippen molar-refractivity contribution >= 4 is 17.7 Å². The Morgan fingerprint density at radius 1 is 1.13 bits per heavy atom. The maximum Gasteiger partial charge on any atom is 0.312 e. The van der Waals surface area contributed by atoms with E-state index in [2.05, 4.69) is 6.58 Å². The summed E-state index contributed by atoms with van der Waals surface area (Å²) in [4.78, 5) is 43.5. The molecule has 12 nitrogen and oxygen atoms in total. The number of aliphatic hydroxyl groups is 3. The summed E-state index contributed by atoms with van der Waals surface area (Å²) in [7, 11) is 3.31. The highest BCUT2D eigenvalue weighted by Gasteiger charge is 2.53. The van der Waals surface area contributed by atoms with Crippen LogP contribution in [0.5, 0.6) is 0 Å². The zero-order chi connectivity index (χ0) is 40.0. The van der Waals surface area contributed by atoms with Crippen LogP contribution < -0.4 is 0 Å². The van der Waals surface area contributed by atoms with Crippen LogP contribution in [0.1, 0.15) is 80.2 Å². The average Bonchev–Trinajstić information content (AvgIpc) is 3.10. The van der Waals surface area contributed by atoms with Crippen LogP contribution in [0.4, 0.5) is 4.39 Å². The first-order chi connectivity index (χ1) is 24.7.